The largest absolute Gasteiger partial charge is 0.465 e. The average Bonchev–Trinajstić information content (AvgIpc) is 2.58. The molecule has 0 aromatic rings. The van der Waals surface area contributed by atoms with E-state index in [1.165, 1.54) is 38.5 Å². The second-order valence-electron chi connectivity index (χ2n) is 7.97. The third-order valence-corrected chi connectivity index (χ3v) is 5.41. The van der Waals surface area contributed by atoms with E-state index in [-0.39, 0.29) is 11.4 Å². The van der Waals surface area contributed by atoms with Crippen LogP contribution in [0.2, 0.25) is 0 Å². The first-order valence-electron chi connectivity index (χ1n) is 8.84. The minimum atomic E-state index is -0.464. The first-order valence-corrected chi connectivity index (χ1v) is 8.84. The van der Waals surface area contributed by atoms with Gasteiger partial charge in [0, 0.05) is 6.04 Å². The molecule has 2 saturated carbocycles. The van der Waals surface area contributed by atoms with Crippen LogP contribution in [-0.2, 0) is 9.53 Å². The molecule has 122 valence electrons. The van der Waals surface area contributed by atoms with E-state index >= 15 is 0 Å². The standard InChI is InChI=1S/C18H33NO2/c1-5-21-16(20)18(13-17(3,4)12-14(18)2)19-15-10-8-6-7-9-11-15/h14-15,19H,5-13H2,1-4H3. The highest BCUT2D eigenvalue weighted by molar-refractivity contribution is 5.82. The molecule has 0 amide bonds. The molecule has 0 bridgehead atoms. The molecule has 0 spiro atoms. The number of ether oxygens (including phenoxy) is 1. The molecule has 0 aromatic heterocycles. The fourth-order valence-electron chi connectivity index (χ4n) is 4.58. The molecule has 0 radical (unpaired) electrons. The van der Waals surface area contributed by atoms with E-state index in [2.05, 4.69) is 26.1 Å². The molecule has 2 fully saturated rings. The fourth-order valence-corrected chi connectivity index (χ4v) is 4.58. The number of hydrogen-bond donors (Lipinski definition) is 1. The zero-order valence-corrected chi connectivity index (χ0v) is 14.3. The summed E-state index contributed by atoms with van der Waals surface area (Å²) in [6, 6.07) is 0.480. The van der Waals surface area contributed by atoms with E-state index in [0.29, 0.717) is 18.6 Å². The summed E-state index contributed by atoms with van der Waals surface area (Å²) in [4.78, 5) is 12.7. The Morgan fingerprint density at radius 3 is 2.29 bits per heavy atom. The first-order chi connectivity index (χ1) is 9.89. The molecule has 3 heteroatoms. The highest BCUT2D eigenvalue weighted by Crippen LogP contribution is 2.48. The summed E-state index contributed by atoms with van der Waals surface area (Å²) in [6.45, 7) is 9.15. The lowest BCUT2D eigenvalue weighted by atomic mass is 9.85. The lowest BCUT2D eigenvalue weighted by molar-refractivity contribution is -0.153. The van der Waals surface area contributed by atoms with Gasteiger partial charge in [0.15, 0.2) is 0 Å². The normalized spacial score (nSPS) is 33.6. The van der Waals surface area contributed by atoms with Crippen LogP contribution in [0.25, 0.3) is 0 Å². The van der Waals surface area contributed by atoms with Crippen LogP contribution in [0.3, 0.4) is 0 Å². The van der Waals surface area contributed by atoms with Crippen LogP contribution in [0.5, 0.6) is 0 Å². The minimum absolute atomic E-state index is 0.0210. The monoisotopic (exact) mass is 295 g/mol. The van der Waals surface area contributed by atoms with Crippen molar-refractivity contribution in [3.63, 3.8) is 0 Å². The maximum Gasteiger partial charge on any atom is 0.326 e. The second-order valence-corrected chi connectivity index (χ2v) is 7.97. The lowest BCUT2D eigenvalue weighted by Gasteiger charge is -2.36. The Morgan fingerprint density at radius 1 is 1.19 bits per heavy atom. The van der Waals surface area contributed by atoms with Gasteiger partial charge >= 0.3 is 5.97 Å². The van der Waals surface area contributed by atoms with Crippen LogP contribution in [-0.4, -0.2) is 24.2 Å². The van der Waals surface area contributed by atoms with Gasteiger partial charge in [0.25, 0.3) is 0 Å². The van der Waals surface area contributed by atoms with Crippen molar-refractivity contribution in [2.75, 3.05) is 6.61 Å². The second kappa shape index (κ2) is 6.68. The van der Waals surface area contributed by atoms with Gasteiger partial charge in [0.05, 0.1) is 6.61 Å². The number of carbonyl (C=O) groups is 1. The summed E-state index contributed by atoms with van der Waals surface area (Å²) >= 11 is 0. The van der Waals surface area contributed by atoms with Crippen LogP contribution in [0.15, 0.2) is 0 Å². The van der Waals surface area contributed by atoms with Gasteiger partial charge in [-0.25, -0.2) is 0 Å². The number of carbonyl (C=O) groups excluding carboxylic acids is 1. The highest BCUT2D eigenvalue weighted by atomic mass is 16.5. The van der Waals surface area contributed by atoms with Gasteiger partial charge in [-0.15, -0.1) is 0 Å². The average molecular weight is 295 g/mol. The molecule has 21 heavy (non-hydrogen) atoms. The molecule has 0 heterocycles. The maximum atomic E-state index is 12.7. The molecule has 0 saturated heterocycles. The van der Waals surface area contributed by atoms with Crippen molar-refractivity contribution in [1.82, 2.24) is 5.32 Å². The Morgan fingerprint density at radius 2 is 1.81 bits per heavy atom. The molecule has 2 unspecified atom stereocenters. The van der Waals surface area contributed by atoms with Gasteiger partial charge in [-0.05, 0) is 43.9 Å². The van der Waals surface area contributed by atoms with Crippen LogP contribution in [0, 0.1) is 11.3 Å². The number of hydrogen-bond acceptors (Lipinski definition) is 3. The summed E-state index contributed by atoms with van der Waals surface area (Å²) in [7, 11) is 0. The molecule has 0 aliphatic heterocycles. The molecule has 3 nitrogen and oxygen atoms in total. The van der Waals surface area contributed by atoms with E-state index < -0.39 is 5.54 Å². The van der Waals surface area contributed by atoms with Gasteiger partial charge in [-0.3, -0.25) is 10.1 Å². The van der Waals surface area contributed by atoms with Crippen molar-refractivity contribution in [2.45, 2.75) is 90.6 Å². The number of esters is 1. The Bertz CT molecular complexity index is 358. The van der Waals surface area contributed by atoms with Crippen LogP contribution in [0.1, 0.15) is 79.1 Å². The summed E-state index contributed by atoms with van der Waals surface area (Å²) in [5.74, 6) is 0.321. The van der Waals surface area contributed by atoms with Crippen molar-refractivity contribution >= 4 is 5.97 Å². The smallest absolute Gasteiger partial charge is 0.326 e. The van der Waals surface area contributed by atoms with E-state index in [9.17, 15) is 4.79 Å². The molecular weight excluding hydrogens is 262 g/mol. The van der Waals surface area contributed by atoms with Crippen molar-refractivity contribution < 1.29 is 9.53 Å². The highest BCUT2D eigenvalue weighted by Gasteiger charge is 2.55. The molecule has 2 atom stereocenters. The maximum absolute atomic E-state index is 12.7. The number of rotatable bonds is 4. The zero-order valence-electron chi connectivity index (χ0n) is 14.3. The topological polar surface area (TPSA) is 38.3 Å². The Hall–Kier alpha value is -0.570. The van der Waals surface area contributed by atoms with Crippen LogP contribution in [0.4, 0.5) is 0 Å². The predicted octanol–water partition coefficient (Wildman–Crippen LogP) is 4.06. The first kappa shape index (κ1) is 16.8. The van der Waals surface area contributed by atoms with E-state index in [4.69, 9.17) is 4.74 Å². The summed E-state index contributed by atoms with van der Waals surface area (Å²) in [5, 5.41) is 3.79. The lowest BCUT2D eigenvalue weighted by Crippen LogP contribution is -2.58. The molecule has 2 aliphatic carbocycles. The molecule has 2 rings (SSSR count). The molecule has 2 aliphatic rings. The molecule has 0 aromatic carbocycles. The van der Waals surface area contributed by atoms with Crippen molar-refractivity contribution in [3.05, 3.63) is 0 Å². The molecule has 1 N–H and O–H groups in total. The Balaban J connectivity index is 2.17. The van der Waals surface area contributed by atoms with E-state index in [1.807, 2.05) is 6.92 Å². The van der Waals surface area contributed by atoms with Crippen molar-refractivity contribution in [3.8, 4) is 0 Å². The van der Waals surface area contributed by atoms with Crippen LogP contribution < -0.4 is 5.32 Å². The van der Waals surface area contributed by atoms with Crippen molar-refractivity contribution in [2.24, 2.45) is 11.3 Å². The summed E-state index contributed by atoms with van der Waals surface area (Å²) < 4.78 is 5.46. The molecular formula is C18H33NO2. The Labute approximate surface area is 130 Å². The van der Waals surface area contributed by atoms with E-state index in [1.54, 1.807) is 0 Å². The minimum Gasteiger partial charge on any atom is -0.465 e. The van der Waals surface area contributed by atoms with Gasteiger partial charge in [0.2, 0.25) is 0 Å². The third-order valence-electron chi connectivity index (χ3n) is 5.41. The fraction of sp³-hybridized carbons (Fsp3) is 0.944. The summed E-state index contributed by atoms with van der Waals surface area (Å²) in [5.41, 5.74) is -0.252. The predicted molar refractivity (Wildman–Crippen MR) is 86.2 cm³/mol. The third kappa shape index (κ3) is 3.80. The van der Waals surface area contributed by atoms with Crippen LogP contribution >= 0.6 is 0 Å². The SMILES string of the molecule is CCOC(=O)C1(NC2CCCCCC2)CC(C)(C)CC1C. The quantitative estimate of drug-likeness (QED) is 0.628. The zero-order chi connectivity index (χ0) is 15.5. The van der Waals surface area contributed by atoms with Gasteiger partial charge < -0.3 is 4.74 Å². The van der Waals surface area contributed by atoms with Gasteiger partial charge in [0.1, 0.15) is 5.54 Å². The van der Waals surface area contributed by atoms with Gasteiger partial charge in [-0.2, -0.15) is 0 Å². The Kier molecular flexibility index (Phi) is 5.34. The summed E-state index contributed by atoms with van der Waals surface area (Å²) in [6.07, 6.45) is 9.64. The van der Waals surface area contributed by atoms with Gasteiger partial charge in [-0.1, -0.05) is 46.5 Å². The number of nitrogens with one attached hydrogen (secondary N) is 1. The van der Waals surface area contributed by atoms with E-state index in [0.717, 1.165) is 12.8 Å². The van der Waals surface area contributed by atoms with Crippen molar-refractivity contribution in [1.29, 1.82) is 0 Å².